The van der Waals surface area contributed by atoms with Crippen LogP contribution in [0.1, 0.15) is 16.2 Å². The first-order valence-electron chi connectivity index (χ1n) is 8.22. The molecule has 0 unspecified atom stereocenters. The number of amides is 1. The Hall–Kier alpha value is -2.97. The van der Waals surface area contributed by atoms with Gasteiger partial charge < -0.3 is 9.80 Å². The maximum Gasteiger partial charge on any atom is 0.274 e. The summed E-state index contributed by atoms with van der Waals surface area (Å²) in [6, 6.07) is 1.83. The zero-order chi connectivity index (χ0) is 17.6. The summed E-state index contributed by atoms with van der Waals surface area (Å²) in [4.78, 5) is 25.4. The fourth-order valence-corrected chi connectivity index (χ4v) is 3.15. The molecule has 0 saturated carbocycles. The number of rotatable bonds is 2. The van der Waals surface area contributed by atoms with Crippen LogP contribution in [0.2, 0.25) is 0 Å². The van der Waals surface area contributed by atoms with Crippen LogP contribution in [-0.4, -0.2) is 66.5 Å². The maximum atomic E-state index is 12.6. The number of carbonyl (C=O) groups is 1. The minimum Gasteiger partial charge on any atom is -0.352 e. The molecule has 0 spiro atoms. The van der Waals surface area contributed by atoms with E-state index >= 15 is 0 Å². The Kier molecular flexibility index (Phi) is 3.63. The van der Waals surface area contributed by atoms with Crippen LogP contribution >= 0.6 is 0 Å². The van der Waals surface area contributed by atoms with Crippen molar-refractivity contribution in [3.63, 3.8) is 0 Å². The molecule has 0 N–H and O–H groups in total. The minimum atomic E-state index is -0.0161. The molecule has 25 heavy (non-hydrogen) atoms. The second-order valence-corrected chi connectivity index (χ2v) is 6.28. The van der Waals surface area contributed by atoms with Gasteiger partial charge in [0.2, 0.25) is 0 Å². The number of aryl methyl sites for hydroxylation is 3. The van der Waals surface area contributed by atoms with Crippen molar-refractivity contribution in [1.82, 2.24) is 34.4 Å². The summed E-state index contributed by atoms with van der Waals surface area (Å²) in [6.07, 6.45) is 3.35. The second-order valence-electron chi connectivity index (χ2n) is 6.28. The zero-order valence-corrected chi connectivity index (χ0v) is 14.5. The Morgan fingerprint density at radius 2 is 1.84 bits per heavy atom. The van der Waals surface area contributed by atoms with E-state index in [1.165, 1.54) is 0 Å². The highest BCUT2D eigenvalue weighted by atomic mass is 16.2. The van der Waals surface area contributed by atoms with Gasteiger partial charge >= 0.3 is 0 Å². The van der Waals surface area contributed by atoms with Crippen LogP contribution in [0.15, 0.2) is 18.6 Å². The number of hydrogen-bond donors (Lipinski definition) is 0. The van der Waals surface area contributed by atoms with Crippen LogP contribution in [0.5, 0.6) is 0 Å². The van der Waals surface area contributed by atoms with Crippen LogP contribution in [0.25, 0.3) is 11.0 Å². The monoisotopic (exact) mass is 340 g/mol. The van der Waals surface area contributed by atoms with E-state index in [0.29, 0.717) is 18.8 Å². The highest BCUT2D eigenvalue weighted by Crippen LogP contribution is 2.23. The molecule has 0 aromatic carbocycles. The average Bonchev–Trinajstić information content (AvgIpc) is 3.17. The molecule has 0 bridgehead atoms. The Morgan fingerprint density at radius 1 is 1.08 bits per heavy atom. The zero-order valence-electron chi connectivity index (χ0n) is 14.5. The molecule has 9 nitrogen and oxygen atoms in total. The first kappa shape index (κ1) is 15.6. The number of fused-ring (bicyclic) bond motifs is 1. The van der Waals surface area contributed by atoms with Crippen LogP contribution < -0.4 is 4.90 Å². The Labute approximate surface area is 144 Å². The molecule has 3 aromatic heterocycles. The molecule has 0 aliphatic carbocycles. The normalized spacial score (nSPS) is 15.2. The van der Waals surface area contributed by atoms with Gasteiger partial charge in [-0.1, -0.05) is 0 Å². The molecule has 4 heterocycles. The second kappa shape index (κ2) is 5.83. The number of anilines is 1. The van der Waals surface area contributed by atoms with E-state index in [-0.39, 0.29) is 5.91 Å². The fraction of sp³-hybridized carbons (Fsp3) is 0.438. The van der Waals surface area contributed by atoms with E-state index in [4.69, 9.17) is 0 Å². The van der Waals surface area contributed by atoms with E-state index in [2.05, 4.69) is 25.1 Å². The standard InChI is InChI=1S/C16H20N8O/c1-11-8-13(20-21(11)2)16(25)24-6-4-23(5-7-24)15-12-9-19-22(3)14(12)17-10-18-15/h8-10H,4-7H2,1-3H3. The van der Waals surface area contributed by atoms with Gasteiger partial charge in [0.1, 0.15) is 12.1 Å². The van der Waals surface area contributed by atoms with E-state index in [0.717, 1.165) is 35.6 Å². The lowest BCUT2D eigenvalue weighted by atomic mass is 10.2. The van der Waals surface area contributed by atoms with Gasteiger partial charge in [0.25, 0.3) is 5.91 Å². The lowest BCUT2D eigenvalue weighted by Crippen LogP contribution is -2.49. The van der Waals surface area contributed by atoms with E-state index in [1.807, 2.05) is 32.0 Å². The number of aromatic nitrogens is 6. The van der Waals surface area contributed by atoms with E-state index < -0.39 is 0 Å². The molecule has 1 aliphatic heterocycles. The molecule has 3 aromatic rings. The molecule has 0 radical (unpaired) electrons. The van der Waals surface area contributed by atoms with E-state index in [1.54, 1.807) is 21.9 Å². The number of piperazine rings is 1. The van der Waals surface area contributed by atoms with Gasteiger partial charge in [0, 0.05) is 46.0 Å². The molecule has 4 rings (SSSR count). The van der Waals surface area contributed by atoms with Crippen molar-refractivity contribution in [2.45, 2.75) is 6.92 Å². The van der Waals surface area contributed by atoms with E-state index in [9.17, 15) is 4.79 Å². The van der Waals surface area contributed by atoms with Crippen molar-refractivity contribution in [2.24, 2.45) is 14.1 Å². The summed E-state index contributed by atoms with van der Waals surface area (Å²) in [5, 5.41) is 9.48. The van der Waals surface area contributed by atoms with Crippen molar-refractivity contribution in [2.75, 3.05) is 31.1 Å². The quantitative estimate of drug-likeness (QED) is 0.670. The molecular formula is C16H20N8O. The van der Waals surface area contributed by atoms with Gasteiger partial charge in [0.15, 0.2) is 11.3 Å². The Bertz CT molecular complexity index is 915. The van der Waals surface area contributed by atoms with Crippen molar-refractivity contribution in [3.8, 4) is 0 Å². The smallest absolute Gasteiger partial charge is 0.274 e. The number of carbonyl (C=O) groups excluding carboxylic acids is 1. The lowest BCUT2D eigenvalue weighted by molar-refractivity contribution is 0.0740. The summed E-state index contributed by atoms with van der Waals surface area (Å²) in [5.41, 5.74) is 2.29. The molecule has 9 heteroatoms. The minimum absolute atomic E-state index is 0.0161. The van der Waals surface area contributed by atoms with Gasteiger partial charge in [-0.15, -0.1) is 0 Å². The number of hydrogen-bond acceptors (Lipinski definition) is 6. The van der Waals surface area contributed by atoms with Crippen molar-refractivity contribution >= 4 is 22.8 Å². The Balaban J connectivity index is 1.50. The topological polar surface area (TPSA) is 85.0 Å². The largest absolute Gasteiger partial charge is 0.352 e. The summed E-state index contributed by atoms with van der Waals surface area (Å²) >= 11 is 0. The predicted octanol–water partition coefficient (Wildman–Crippen LogP) is 0.368. The molecule has 0 atom stereocenters. The first-order valence-corrected chi connectivity index (χ1v) is 8.22. The van der Waals surface area contributed by atoms with Gasteiger partial charge in [0.05, 0.1) is 11.6 Å². The number of nitrogens with zero attached hydrogens (tertiary/aromatic N) is 8. The van der Waals surface area contributed by atoms with Gasteiger partial charge in [-0.25, -0.2) is 9.97 Å². The van der Waals surface area contributed by atoms with Crippen LogP contribution in [0.3, 0.4) is 0 Å². The van der Waals surface area contributed by atoms with Crippen LogP contribution in [0, 0.1) is 6.92 Å². The summed E-state index contributed by atoms with van der Waals surface area (Å²) in [7, 11) is 3.71. The average molecular weight is 340 g/mol. The van der Waals surface area contributed by atoms with Crippen molar-refractivity contribution < 1.29 is 4.79 Å². The maximum absolute atomic E-state index is 12.6. The van der Waals surface area contributed by atoms with Gasteiger partial charge in [-0.3, -0.25) is 14.2 Å². The third-order valence-corrected chi connectivity index (χ3v) is 4.71. The van der Waals surface area contributed by atoms with Crippen molar-refractivity contribution in [1.29, 1.82) is 0 Å². The van der Waals surface area contributed by atoms with Gasteiger partial charge in [-0.2, -0.15) is 10.2 Å². The molecule has 1 saturated heterocycles. The fourth-order valence-electron chi connectivity index (χ4n) is 3.15. The Morgan fingerprint density at radius 3 is 2.52 bits per heavy atom. The SMILES string of the molecule is Cc1cc(C(=O)N2CCN(c3ncnc4c3cnn4C)CC2)nn1C. The summed E-state index contributed by atoms with van der Waals surface area (Å²) in [6.45, 7) is 4.66. The summed E-state index contributed by atoms with van der Waals surface area (Å²) < 4.78 is 3.47. The van der Waals surface area contributed by atoms with Gasteiger partial charge in [-0.05, 0) is 13.0 Å². The van der Waals surface area contributed by atoms with Crippen LogP contribution in [0.4, 0.5) is 5.82 Å². The molecule has 1 amide bonds. The molecule has 1 fully saturated rings. The third kappa shape index (κ3) is 2.61. The summed E-state index contributed by atoms with van der Waals surface area (Å²) in [5.74, 6) is 0.858. The molecular weight excluding hydrogens is 320 g/mol. The van der Waals surface area contributed by atoms with Crippen molar-refractivity contribution in [3.05, 3.63) is 30.0 Å². The molecule has 130 valence electrons. The van der Waals surface area contributed by atoms with Crippen LogP contribution in [-0.2, 0) is 14.1 Å². The predicted molar refractivity (Wildman–Crippen MR) is 92.4 cm³/mol. The first-order chi connectivity index (χ1) is 12.0. The molecule has 1 aliphatic rings. The highest BCUT2D eigenvalue weighted by molar-refractivity contribution is 5.93. The third-order valence-electron chi connectivity index (χ3n) is 4.71. The highest BCUT2D eigenvalue weighted by Gasteiger charge is 2.26. The lowest BCUT2D eigenvalue weighted by Gasteiger charge is -2.35.